The lowest BCUT2D eigenvalue weighted by atomic mass is 9.96. The van der Waals surface area contributed by atoms with Crippen LogP contribution in [-0.2, 0) is 0 Å². The molecule has 0 aliphatic carbocycles. The van der Waals surface area contributed by atoms with E-state index in [-0.39, 0.29) is 0 Å². The molecule has 0 saturated heterocycles. The van der Waals surface area contributed by atoms with Crippen LogP contribution in [0.1, 0.15) is 11.1 Å². The first-order chi connectivity index (χ1) is 30.2. The fourth-order valence-electron chi connectivity index (χ4n) is 9.43. The fourth-order valence-corrected chi connectivity index (χ4v) is 9.43. The molecule has 0 radical (unpaired) electrons. The van der Waals surface area contributed by atoms with Gasteiger partial charge in [0.1, 0.15) is 12.1 Å². The van der Waals surface area contributed by atoms with Crippen molar-refractivity contribution in [2.24, 2.45) is 0 Å². The lowest BCUT2D eigenvalue weighted by molar-refractivity contribution is 1.05. The predicted octanol–water partition coefficient (Wildman–Crippen LogP) is 12.8. The van der Waals surface area contributed by atoms with Crippen molar-refractivity contribution in [2.45, 2.75) is 0 Å². The Labute approximate surface area is 349 Å². The van der Waals surface area contributed by atoms with E-state index in [0.29, 0.717) is 22.5 Å². The molecule has 0 aliphatic rings. The van der Waals surface area contributed by atoms with E-state index >= 15 is 0 Å². The molecular weight excluding hydrogens is 747 g/mol. The van der Waals surface area contributed by atoms with Crippen molar-refractivity contribution in [1.82, 2.24) is 23.7 Å². The average Bonchev–Trinajstić information content (AvgIpc) is 3.97. The maximum Gasteiger partial charge on any atom is 0.101 e. The summed E-state index contributed by atoms with van der Waals surface area (Å²) in [6.07, 6.45) is 3.29. The number of rotatable bonds is 5. The maximum atomic E-state index is 9.93. The van der Waals surface area contributed by atoms with E-state index in [9.17, 15) is 10.5 Å². The van der Waals surface area contributed by atoms with Crippen LogP contribution in [0.3, 0.4) is 0 Å². The molecule has 7 aromatic carbocycles. The van der Waals surface area contributed by atoms with Gasteiger partial charge in [0.25, 0.3) is 0 Å². The molecule has 5 aromatic heterocycles. The Kier molecular flexibility index (Phi) is 7.52. The number of fused-ring (bicyclic) bond motifs is 9. The zero-order valence-corrected chi connectivity index (χ0v) is 32.5. The van der Waals surface area contributed by atoms with E-state index in [2.05, 4.69) is 177 Å². The molecule has 0 saturated carbocycles. The molecule has 12 aromatic rings. The van der Waals surface area contributed by atoms with Crippen LogP contribution >= 0.6 is 0 Å². The lowest BCUT2D eigenvalue weighted by Crippen LogP contribution is -2.13. The van der Waals surface area contributed by atoms with E-state index in [1.807, 2.05) is 24.3 Å². The quantitative estimate of drug-likeness (QED) is 0.174. The minimum absolute atomic E-state index is 0.473. The smallest absolute Gasteiger partial charge is 0.101 e. The molecule has 282 valence electrons. The topological polar surface area (TPSA) is 88.2 Å². The summed E-state index contributed by atoms with van der Waals surface area (Å²) in [6.45, 7) is 0. The van der Waals surface area contributed by atoms with Gasteiger partial charge < -0.3 is 13.7 Å². The first kappa shape index (κ1) is 34.3. The SMILES string of the molecule is N#Cc1ccc(-c2cc(-c3ccc(C#N)cn3)c(-n3c4ccccc4c4ccccc43)c(-n3c4ccccc4c4ccccc43)c2-n2c3ccccc3c3ccccc32)nc1. The zero-order valence-electron chi connectivity index (χ0n) is 32.5. The lowest BCUT2D eigenvalue weighted by Gasteiger charge is -2.27. The second kappa shape index (κ2) is 13.4. The standard InChI is InChI=1S/C54H31N7/c55-30-34-25-27-44(57-32-34)42-29-43(45-28-26-35(31-56)33-58-45)53(60-48-21-9-3-15-38(48)39-16-4-10-22-49(39)60)54(61-50-23-11-5-17-40(50)41-18-6-12-24-51(41)61)52(42)59-46-19-7-1-13-36(46)37-14-2-8-20-47(37)59/h1-29,32-33H. The summed E-state index contributed by atoms with van der Waals surface area (Å²) in [5.41, 5.74) is 13.0. The van der Waals surface area contributed by atoms with Crippen molar-refractivity contribution < 1.29 is 0 Å². The summed E-state index contributed by atoms with van der Waals surface area (Å²) in [5.74, 6) is 0. The monoisotopic (exact) mass is 777 g/mol. The Balaban J connectivity index is 1.42. The van der Waals surface area contributed by atoms with Crippen LogP contribution in [0.5, 0.6) is 0 Å². The summed E-state index contributed by atoms with van der Waals surface area (Å²) in [7, 11) is 0. The van der Waals surface area contributed by atoms with Gasteiger partial charge in [0.2, 0.25) is 0 Å². The third-order valence-electron chi connectivity index (χ3n) is 12.0. The molecule has 0 spiro atoms. The van der Waals surface area contributed by atoms with Crippen molar-refractivity contribution in [3.8, 4) is 51.7 Å². The number of aromatic nitrogens is 5. The van der Waals surface area contributed by atoms with Gasteiger partial charge in [0, 0.05) is 55.8 Å². The number of nitriles is 2. The van der Waals surface area contributed by atoms with Crippen molar-refractivity contribution in [1.29, 1.82) is 10.5 Å². The van der Waals surface area contributed by atoms with Gasteiger partial charge >= 0.3 is 0 Å². The van der Waals surface area contributed by atoms with Gasteiger partial charge in [0.15, 0.2) is 0 Å². The van der Waals surface area contributed by atoms with Gasteiger partial charge in [-0.1, -0.05) is 109 Å². The Morgan fingerprint density at radius 3 is 0.869 bits per heavy atom. The van der Waals surface area contributed by atoms with E-state index in [1.54, 1.807) is 12.4 Å². The van der Waals surface area contributed by atoms with E-state index in [0.717, 1.165) is 93.6 Å². The Bertz CT molecular complexity index is 3480. The summed E-state index contributed by atoms with van der Waals surface area (Å²) < 4.78 is 7.21. The molecular formula is C54H31N7. The van der Waals surface area contributed by atoms with Crippen LogP contribution in [-0.4, -0.2) is 23.7 Å². The number of pyridine rings is 2. The number of hydrogen-bond donors (Lipinski definition) is 0. The highest BCUT2D eigenvalue weighted by atomic mass is 15.1. The van der Waals surface area contributed by atoms with Gasteiger partial charge in [-0.2, -0.15) is 10.5 Å². The van der Waals surface area contributed by atoms with Crippen LogP contribution in [0.15, 0.2) is 188 Å². The molecule has 12 rings (SSSR count). The number of benzene rings is 7. The van der Waals surface area contributed by atoms with Crippen LogP contribution in [0.25, 0.3) is 105 Å². The van der Waals surface area contributed by atoms with Crippen LogP contribution < -0.4 is 0 Å². The molecule has 0 atom stereocenters. The van der Waals surface area contributed by atoms with Crippen molar-refractivity contribution in [2.75, 3.05) is 0 Å². The van der Waals surface area contributed by atoms with Crippen LogP contribution in [0, 0.1) is 22.7 Å². The Morgan fingerprint density at radius 1 is 0.328 bits per heavy atom. The number of nitrogens with zero attached hydrogens (tertiary/aromatic N) is 7. The van der Waals surface area contributed by atoms with Crippen LogP contribution in [0.2, 0.25) is 0 Å². The molecule has 0 aliphatic heterocycles. The van der Waals surface area contributed by atoms with Gasteiger partial charge in [-0.15, -0.1) is 0 Å². The Hall–Kier alpha value is -8.78. The third kappa shape index (κ3) is 5.02. The molecule has 7 heteroatoms. The van der Waals surface area contributed by atoms with Crippen LogP contribution in [0.4, 0.5) is 0 Å². The minimum Gasteiger partial charge on any atom is -0.306 e. The van der Waals surface area contributed by atoms with Gasteiger partial charge in [-0.05, 0) is 66.7 Å². The summed E-state index contributed by atoms with van der Waals surface area (Å²) in [6, 6.07) is 65.8. The zero-order chi connectivity index (χ0) is 40.6. The van der Waals surface area contributed by atoms with Crippen molar-refractivity contribution in [3.05, 3.63) is 199 Å². The Morgan fingerprint density at radius 2 is 0.607 bits per heavy atom. The fraction of sp³-hybridized carbons (Fsp3) is 0. The highest BCUT2D eigenvalue weighted by molar-refractivity contribution is 6.15. The first-order valence-corrected chi connectivity index (χ1v) is 20.1. The summed E-state index contributed by atoms with van der Waals surface area (Å²) >= 11 is 0. The second-order valence-electron chi connectivity index (χ2n) is 15.2. The molecule has 0 fully saturated rings. The summed E-state index contributed by atoms with van der Waals surface area (Å²) in [4.78, 5) is 10.1. The third-order valence-corrected chi connectivity index (χ3v) is 12.0. The van der Waals surface area contributed by atoms with Crippen molar-refractivity contribution in [3.63, 3.8) is 0 Å². The van der Waals surface area contributed by atoms with E-state index in [4.69, 9.17) is 9.97 Å². The molecule has 5 heterocycles. The molecule has 61 heavy (non-hydrogen) atoms. The van der Waals surface area contributed by atoms with E-state index in [1.165, 1.54) is 0 Å². The normalized spacial score (nSPS) is 11.6. The van der Waals surface area contributed by atoms with Gasteiger partial charge in [-0.25, -0.2) is 0 Å². The van der Waals surface area contributed by atoms with Gasteiger partial charge in [-0.3, -0.25) is 9.97 Å². The molecule has 0 bridgehead atoms. The number of hydrogen-bond acceptors (Lipinski definition) is 4. The molecule has 0 N–H and O–H groups in total. The average molecular weight is 778 g/mol. The summed E-state index contributed by atoms with van der Waals surface area (Å²) in [5, 5.41) is 26.6. The molecule has 7 nitrogen and oxygen atoms in total. The highest BCUT2D eigenvalue weighted by Gasteiger charge is 2.31. The highest BCUT2D eigenvalue weighted by Crippen LogP contribution is 2.49. The second-order valence-corrected chi connectivity index (χ2v) is 15.2. The van der Waals surface area contributed by atoms with E-state index < -0.39 is 0 Å². The first-order valence-electron chi connectivity index (χ1n) is 20.1. The number of para-hydroxylation sites is 6. The predicted molar refractivity (Wildman–Crippen MR) is 245 cm³/mol. The minimum atomic E-state index is 0.473. The van der Waals surface area contributed by atoms with Crippen molar-refractivity contribution >= 4 is 65.4 Å². The molecule has 0 amide bonds. The molecule has 0 unspecified atom stereocenters. The largest absolute Gasteiger partial charge is 0.306 e. The maximum absolute atomic E-state index is 9.93. The van der Waals surface area contributed by atoms with Gasteiger partial charge in [0.05, 0.1) is 72.7 Å².